The Balaban J connectivity index is 1.46. The normalized spacial score (nSPS) is 11.7. The number of amides is 1. The highest BCUT2D eigenvalue weighted by Gasteiger charge is 2.15. The van der Waals surface area contributed by atoms with Gasteiger partial charge in [0.2, 0.25) is 15.9 Å². The van der Waals surface area contributed by atoms with Gasteiger partial charge in [0.05, 0.1) is 15.9 Å². The highest BCUT2D eigenvalue weighted by Crippen LogP contribution is 2.24. The van der Waals surface area contributed by atoms with Gasteiger partial charge in [-0.3, -0.25) is 4.79 Å². The van der Waals surface area contributed by atoms with E-state index in [0.717, 1.165) is 40.6 Å². The smallest absolute Gasteiger partial charge is 0.238 e. The Morgan fingerprint density at radius 3 is 2.62 bits per heavy atom. The lowest BCUT2D eigenvalue weighted by atomic mass is 10.2. The SMILES string of the molecule is CCCn1c(CCC(=O)Nc2ccc(-c3nccs3)cc2)nc2cc(S(N)(=O)=O)ccc21. The van der Waals surface area contributed by atoms with Crippen LogP contribution in [0.25, 0.3) is 21.6 Å². The molecule has 32 heavy (non-hydrogen) atoms. The van der Waals surface area contributed by atoms with Crippen LogP contribution in [0.4, 0.5) is 5.69 Å². The summed E-state index contributed by atoms with van der Waals surface area (Å²) in [5, 5.41) is 11.0. The first-order valence-corrected chi connectivity index (χ1v) is 12.6. The van der Waals surface area contributed by atoms with E-state index in [1.165, 1.54) is 12.1 Å². The second kappa shape index (κ2) is 9.19. The molecule has 0 unspecified atom stereocenters. The lowest BCUT2D eigenvalue weighted by Gasteiger charge is -2.09. The van der Waals surface area contributed by atoms with E-state index in [0.29, 0.717) is 11.9 Å². The Labute approximate surface area is 190 Å². The molecule has 2 aromatic heterocycles. The number of hydrogen-bond acceptors (Lipinski definition) is 6. The number of aryl methyl sites for hydroxylation is 2. The molecule has 10 heteroatoms. The Hall–Kier alpha value is -3.08. The minimum Gasteiger partial charge on any atom is -0.328 e. The first kappa shape index (κ1) is 22.1. The number of benzene rings is 2. The predicted octanol–water partition coefficient (Wildman–Crippen LogP) is 3.79. The summed E-state index contributed by atoms with van der Waals surface area (Å²) in [6, 6.07) is 12.2. The van der Waals surface area contributed by atoms with Crippen molar-refractivity contribution in [2.24, 2.45) is 5.14 Å². The summed E-state index contributed by atoms with van der Waals surface area (Å²) in [6.07, 6.45) is 3.33. The van der Waals surface area contributed by atoms with Gasteiger partial charge >= 0.3 is 0 Å². The number of imidazole rings is 1. The third kappa shape index (κ3) is 4.87. The summed E-state index contributed by atoms with van der Waals surface area (Å²) >= 11 is 1.56. The number of sulfonamides is 1. The van der Waals surface area contributed by atoms with Crippen LogP contribution in [-0.2, 0) is 27.8 Å². The van der Waals surface area contributed by atoms with Crippen LogP contribution in [-0.4, -0.2) is 28.9 Å². The van der Waals surface area contributed by atoms with Gasteiger partial charge in [0.25, 0.3) is 0 Å². The van der Waals surface area contributed by atoms with E-state index in [2.05, 4.69) is 22.2 Å². The van der Waals surface area contributed by atoms with Crippen LogP contribution < -0.4 is 10.5 Å². The van der Waals surface area contributed by atoms with E-state index >= 15 is 0 Å². The standard InChI is InChI=1S/C22H23N5O3S2/c1-2-12-27-19-8-7-17(32(23,29)30)14-18(19)26-20(27)9-10-21(28)25-16-5-3-15(4-6-16)22-24-11-13-31-22/h3-8,11,13-14H,2,9-10,12H2,1H3,(H,25,28)(H2,23,29,30). The molecule has 0 radical (unpaired) electrons. The van der Waals surface area contributed by atoms with Gasteiger partial charge in [0.1, 0.15) is 10.8 Å². The largest absolute Gasteiger partial charge is 0.328 e. The minimum absolute atomic E-state index is 0.0247. The van der Waals surface area contributed by atoms with Crippen LogP contribution in [0.3, 0.4) is 0 Å². The summed E-state index contributed by atoms with van der Waals surface area (Å²) in [7, 11) is -3.80. The second-order valence-electron chi connectivity index (χ2n) is 7.34. The number of nitrogens with zero attached hydrogens (tertiary/aromatic N) is 3. The molecule has 0 aliphatic heterocycles. The molecule has 0 saturated carbocycles. The average Bonchev–Trinajstić information content (AvgIpc) is 3.41. The Bertz CT molecular complexity index is 1340. The zero-order chi connectivity index (χ0) is 22.7. The number of nitrogens with two attached hydrogens (primary N) is 1. The summed E-state index contributed by atoms with van der Waals surface area (Å²) < 4.78 is 25.3. The summed E-state index contributed by atoms with van der Waals surface area (Å²) in [4.78, 5) is 21.4. The van der Waals surface area contributed by atoms with Gasteiger partial charge in [-0.25, -0.2) is 23.5 Å². The number of aromatic nitrogens is 3. The van der Waals surface area contributed by atoms with Gasteiger partial charge in [-0.15, -0.1) is 11.3 Å². The third-order valence-electron chi connectivity index (χ3n) is 5.00. The van der Waals surface area contributed by atoms with Gasteiger partial charge in [-0.1, -0.05) is 6.92 Å². The zero-order valence-electron chi connectivity index (χ0n) is 17.5. The number of anilines is 1. The molecule has 4 rings (SSSR count). The number of hydrogen-bond donors (Lipinski definition) is 2. The van der Waals surface area contributed by atoms with Crippen molar-refractivity contribution < 1.29 is 13.2 Å². The molecule has 2 heterocycles. The van der Waals surface area contributed by atoms with E-state index in [4.69, 9.17) is 5.14 Å². The van der Waals surface area contributed by atoms with Crippen molar-refractivity contribution in [3.8, 4) is 10.6 Å². The Morgan fingerprint density at radius 2 is 1.97 bits per heavy atom. The monoisotopic (exact) mass is 469 g/mol. The van der Waals surface area contributed by atoms with Crippen LogP contribution in [0, 0.1) is 0 Å². The molecule has 0 aliphatic carbocycles. The van der Waals surface area contributed by atoms with E-state index in [1.807, 2.05) is 34.2 Å². The summed E-state index contributed by atoms with van der Waals surface area (Å²) in [5.74, 6) is 0.620. The van der Waals surface area contributed by atoms with Crippen LogP contribution in [0.2, 0.25) is 0 Å². The van der Waals surface area contributed by atoms with Crippen molar-refractivity contribution in [1.29, 1.82) is 0 Å². The van der Waals surface area contributed by atoms with Crippen molar-refractivity contribution in [2.75, 3.05) is 5.32 Å². The third-order valence-corrected chi connectivity index (χ3v) is 6.73. The lowest BCUT2D eigenvalue weighted by molar-refractivity contribution is -0.116. The molecular weight excluding hydrogens is 446 g/mol. The number of nitrogens with one attached hydrogen (secondary N) is 1. The van der Waals surface area contributed by atoms with E-state index in [-0.39, 0.29) is 17.2 Å². The highest BCUT2D eigenvalue weighted by molar-refractivity contribution is 7.89. The highest BCUT2D eigenvalue weighted by atomic mass is 32.2. The van der Waals surface area contributed by atoms with Crippen molar-refractivity contribution in [3.63, 3.8) is 0 Å². The number of fused-ring (bicyclic) bond motifs is 1. The predicted molar refractivity (Wildman–Crippen MR) is 126 cm³/mol. The van der Waals surface area contributed by atoms with E-state index in [1.54, 1.807) is 23.6 Å². The van der Waals surface area contributed by atoms with Gasteiger partial charge in [-0.05, 0) is 48.9 Å². The molecular formula is C22H23N5O3S2. The van der Waals surface area contributed by atoms with Crippen molar-refractivity contribution in [3.05, 3.63) is 59.9 Å². The molecule has 0 saturated heterocycles. The number of carbonyl (C=O) groups excluding carboxylic acids is 1. The topological polar surface area (TPSA) is 120 Å². The molecule has 2 aromatic carbocycles. The van der Waals surface area contributed by atoms with E-state index in [9.17, 15) is 13.2 Å². The van der Waals surface area contributed by atoms with Crippen LogP contribution in [0.5, 0.6) is 0 Å². The molecule has 0 bridgehead atoms. The fraction of sp³-hybridized carbons (Fsp3) is 0.227. The molecule has 0 spiro atoms. The molecule has 8 nitrogen and oxygen atoms in total. The lowest BCUT2D eigenvalue weighted by Crippen LogP contribution is -2.14. The summed E-state index contributed by atoms with van der Waals surface area (Å²) in [5.41, 5.74) is 3.10. The second-order valence-corrected chi connectivity index (χ2v) is 9.79. The van der Waals surface area contributed by atoms with Crippen molar-refractivity contribution >= 4 is 44.0 Å². The van der Waals surface area contributed by atoms with Crippen molar-refractivity contribution in [2.45, 2.75) is 37.6 Å². The number of primary sulfonamides is 1. The number of rotatable bonds is 8. The fourth-order valence-electron chi connectivity index (χ4n) is 3.51. The van der Waals surface area contributed by atoms with Gasteiger partial charge < -0.3 is 9.88 Å². The maximum absolute atomic E-state index is 12.5. The number of carbonyl (C=O) groups is 1. The fourth-order valence-corrected chi connectivity index (χ4v) is 4.69. The minimum atomic E-state index is -3.80. The van der Waals surface area contributed by atoms with Gasteiger partial charge in [-0.2, -0.15) is 0 Å². The number of thiazole rings is 1. The van der Waals surface area contributed by atoms with Gasteiger partial charge in [0.15, 0.2) is 0 Å². The first-order chi connectivity index (χ1) is 15.3. The van der Waals surface area contributed by atoms with Crippen LogP contribution >= 0.6 is 11.3 Å². The zero-order valence-corrected chi connectivity index (χ0v) is 19.1. The molecule has 4 aromatic rings. The van der Waals surface area contributed by atoms with Crippen molar-refractivity contribution in [1.82, 2.24) is 14.5 Å². The molecule has 0 aliphatic rings. The molecule has 0 fully saturated rings. The van der Waals surface area contributed by atoms with E-state index < -0.39 is 10.0 Å². The summed E-state index contributed by atoms with van der Waals surface area (Å²) in [6.45, 7) is 2.77. The average molecular weight is 470 g/mol. The molecule has 0 atom stereocenters. The van der Waals surface area contributed by atoms with Gasteiger partial charge in [0, 0.05) is 42.2 Å². The maximum Gasteiger partial charge on any atom is 0.238 e. The maximum atomic E-state index is 12.5. The molecule has 166 valence electrons. The van der Waals surface area contributed by atoms with Crippen LogP contribution in [0.1, 0.15) is 25.6 Å². The Kier molecular flexibility index (Phi) is 6.35. The molecule has 3 N–H and O–H groups in total. The first-order valence-electron chi connectivity index (χ1n) is 10.2. The van der Waals surface area contributed by atoms with Crippen LogP contribution in [0.15, 0.2) is 58.9 Å². The quantitative estimate of drug-likeness (QED) is 0.407. The Morgan fingerprint density at radius 1 is 1.19 bits per heavy atom. The molecule has 1 amide bonds.